The first-order chi connectivity index (χ1) is 52.5. The van der Waals surface area contributed by atoms with E-state index in [1.54, 1.807) is 18.7 Å². The summed E-state index contributed by atoms with van der Waals surface area (Å²) < 4.78 is 71.5. The Bertz CT molecular complexity index is 2030. The maximum Gasteiger partial charge on any atom is 0.263 e. The van der Waals surface area contributed by atoms with Crippen LogP contribution in [0.15, 0.2) is 52.6 Å². The standard InChI is InChI=1S/C52H110N20O28.4C2H4/c1-41(71(9-16-83-25-29-88-35-47(75)63-55)10-17-84-26-30-89-36-48(76)64-56)91-32-43(90-18-6-69(3-13-81-23-27-86-33-45(73)61-53)4-14-82-24-28-87-34-46(74)62-54)44(100-42(2)72(11-21-94-98-39-51(79)67-59)12-22-95-99-40-52(80)68-60)31-85-15-5-70(7-19-92-96-37-49(77)65-57)8-20-93-97-38-50(78)66-58;4*1-2/h41-44H,3-40,53-60H2,1-2H3,(H,61,73)(H,62,74)(H,63,75)(H,64,76)(H,65,77)(H,66,78)(H,67,79)(H,68,80);4*1-2H2. The van der Waals surface area contributed by atoms with E-state index in [9.17, 15) is 38.4 Å². The van der Waals surface area contributed by atoms with Gasteiger partial charge in [0.25, 0.3) is 47.3 Å². The van der Waals surface area contributed by atoms with Crippen molar-refractivity contribution in [3.8, 4) is 0 Å². The molecule has 48 heteroatoms. The summed E-state index contributed by atoms with van der Waals surface area (Å²) in [6.07, 6.45) is -3.58. The molecule has 0 rings (SSSR count). The Morgan fingerprint density at radius 2 is 0.500 bits per heavy atom. The monoisotopic (exact) mass is 1570 g/mol. The van der Waals surface area contributed by atoms with E-state index in [1.807, 2.05) is 58.1 Å². The molecule has 0 spiro atoms. The van der Waals surface area contributed by atoms with E-state index >= 15 is 0 Å². The maximum absolute atomic E-state index is 11.8. The molecule has 8 amide bonds. The van der Waals surface area contributed by atoms with Crippen LogP contribution in [0.5, 0.6) is 0 Å². The van der Waals surface area contributed by atoms with Gasteiger partial charge in [0.15, 0.2) is 26.4 Å². The fourth-order valence-corrected chi connectivity index (χ4v) is 7.41. The Balaban J connectivity index is -0.00000426. The van der Waals surface area contributed by atoms with Crippen molar-refractivity contribution in [2.75, 3.05) is 250 Å². The van der Waals surface area contributed by atoms with Crippen LogP contribution in [0, 0.1) is 0 Å². The molecule has 108 heavy (non-hydrogen) atoms. The van der Waals surface area contributed by atoms with Crippen LogP contribution in [-0.2, 0) is 134 Å². The van der Waals surface area contributed by atoms with Crippen molar-refractivity contribution >= 4 is 47.3 Å². The van der Waals surface area contributed by atoms with Crippen LogP contribution in [0.25, 0.3) is 0 Å². The number of carbonyl (C=O) groups is 8. The fraction of sp³-hybridized carbons (Fsp3) is 0.733. The molecule has 634 valence electrons. The van der Waals surface area contributed by atoms with Gasteiger partial charge in [-0.05, 0) is 13.8 Å². The van der Waals surface area contributed by atoms with Crippen LogP contribution in [0.3, 0.4) is 0 Å². The van der Waals surface area contributed by atoms with Gasteiger partial charge < -0.3 is 56.8 Å². The lowest BCUT2D eigenvalue weighted by Crippen LogP contribution is -2.49. The maximum atomic E-state index is 11.8. The highest BCUT2D eigenvalue weighted by Gasteiger charge is 2.30. The number of nitrogens with zero attached hydrogens (tertiary/aromatic N) is 4. The van der Waals surface area contributed by atoms with Gasteiger partial charge in [-0.3, -0.25) is 101 Å². The molecule has 0 heterocycles. The largest absolute Gasteiger partial charge is 0.378 e. The molecule has 4 atom stereocenters. The molecule has 0 aromatic carbocycles. The molecule has 0 aromatic heterocycles. The Morgan fingerprint density at radius 3 is 0.815 bits per heavy atom. The molecular formula is C60H126N20O28. The molecule has 0 aromatic rings. The third-order valence-corrected chi connectivity index (χ3v) is 12.7. The lowest BCUT2D eigenvalue weighted by atomic mass is 10.2. The molecule has 0 aliphatic rings. The van der Waals surface area contributed by atoms with Gasteiger partial charge >= 0.3 is 0 Å². The van der Waals surface area contributed by atoms with Crippen LogP contribution < -0.4 is 90.1 Å². The van der Waals surface area contributed by atoms with E-state index in [-0.39, 0.29) is 211 Å². The SMILES string of the molecule is C=C.C=C.C=C.C=C.CC(OCC(OCCN(CCOCCOCC(=O)NN)CCOCCOCC(=O)NN)C(COCCN(CCOOCC(=O)NN)CCOOCC(=O)NN)OC(C)N(CCOOCC(=O)NN)CCOOCC(=O)NN)N(CCOCCOCC(=O)NN)CCOCCOCC(=O)NN. The molecule has 0 aliphatic heterocycles. The molecule has 0 aliphatic carbocycles. The number of ether oxygens (including phenoxy) is 12. The number of hydrazine groups is 8. The predicted octanol–water partition coefficient (Wildman–Crippen LogP) is -9.26. The van der Waals surface area contributed by atoms with E-state index in [0.717, 1.165) is 0 Å². The summed E-state index contributed by atoms with van der Waals surface area (Å²) in [4.78, 5) is 142. The van der Waals surface area contributed by atoms with Gasteiger partial charge in [-0.25, -0.2) is 85.8 Å². The van der Waals surface area contributed by atoms with Crippen molar-refractivity contribution in [2.24, 2.45) is 46.7 Å². The molecular weight excluding hydrogens is 1450 g/mol. The summed E-state index contributed by atoms with van der Waals surface area (Å²) in [5, 5.41) is 0. The van der Waals surface area contributed by atoms with Crippen molar-refractivity contribution in [1.82, 2.24) is 63.0 Å². The number of hydrogen-bond acceptors (Lipinski definition) is 40. The zero-order valence-electron chi connectivity index (χ0n) is 62.7. The average Bonchev–Trinajstić information content (AvgIpc) is 0.872. The first kappa shape index (κ1) is 110. The van der Waals surface area contributed by atoms with E-state index in [4.69, 9.17) is 143 Å². The van der Waals surface area contributed by atoms with Crippen LogP contribution >= 0.6 is 0 Å². The lowest BCUT2D eigenvalue weighted by molar-refractivity contribution is -0.300. The van der Waals surface area contributed by atoms with Crippen molar-refractivity contribution in [3.63, 3.8) is 0 Å². The van der Waals surface area contributed by atoms with Crippen LogP contribution in [0.1, 0.15) is 13.8 Å². The quantitative estimate of drug-likeness (QED) is 0.00511. The van der Waals surface area contributed by atoms with Gasteiger partial charge in [0.2, 0.25) is 0 Å². The van der Waals surface area contributed by atoms with E-state index in [1.165, 1.54) is 0 Å². The van der Waals surface area contributed by atoms with Crippen molar-refractivity contribution < 1.29 is 134 Å². The minimum absolute atomic E-state index is 0.0192. The molecule has 0 bridgehead atoms. The molecule has 48 nitrogen and oxygen atoms in total. The highest BCUT2D eigenvalue weighted by molar-refractivity contribution is 5.78. The number of amides is 8. The van der Waals surface area contributed by atoms with Gasteiger partial charge in [0.1, 0.15) is 51.1 Å². The highest BCUT2D eigenvalue weighted by Crippen LogP contribution is 2.16. The fourth-order valence-electron chi connectivity index (χ4n) is 7.41. The zero-order valence-corrected chi connectivity index (χ0v) is 62.7. The molecule has 0 saturated heterocycles. The summed E-state index contributed by atoms with van der Waals surface area (Å²) in [6.45, 7) is 27.6. The topological polar surface area (TPSA) is 639 Å². The van der Waals surface area contributed by atoms with Crippen LogP contribution in [-0.4, -0.2) is 342 Å². The van der Waals surface area contributed by atoms with E-state index < -0.39 is 98.3 Å². The van der Waals surface area contributed by atoms with E-state index in [0.29, 0.717) is 13.1 Å². The molecule has 0 fully saturated rings. The molecule has 0 radical (unpaired) electrons. The first-order valence-electron chi connectivity index (χ1n) is 33.4. The molecule has 0 saturated carbocycles. The third-order valence-electron chi connectivity index (χ3n) is 12.7. The summed E-state index contributed by atoms with van der Waals surface area (Å²) in [5.41, 5.74) is 15.7. The second-order valence-corrected chi connectivity index (χ2v) is 20.0. The Morgan fingerprint density at radius 1 is 0.259 bits per heavy atom. The highest BCUT2D eigenvalue weighted by atomic mass is 17.2. The third kappa shape index (κ3) is 72.3. The number of carbonyl (C=O) groups excluding carboxylic acids is 8. The number of hydrogen-bond donors (Lipinski definition) is 16. The summed E-state index contributed by atoms with van der Waals surface area (Å²) in [6, 6.07) is 0. The van der Waals surface area contributed by atoms with Crippen molar-refractivity contribution in [3.05, 3.63) is 52.6 Å². The Kier molecular flexibility index (Phi) is 87.7. The Labute approximate surface area is 631 Å². The van der Waals surface area contributed by atoms with Crippen LogP contribution in [0.4, 0.5) is 0 Å². The second-order valence-electron chi connectivity index (χ2n) is 20.0. The lowest BCUT2D eigenvalue weighted by Gasteiger charge is -2.36. The molecule has 24 N–H and O–H groups in total. The average molecular weight is 1580 g/mol. The zero-order chi connectivity index (χ0) is 81.9. The van der Waals surface area contributed by atoms with Crippen molar-refractivity contribution in [2.45, 2.75) is 38.5 Å². The predicted molar refractivity (Wildman–Crippen MR) is 384 cm³/mol. The van der Waals surface area contributed by atoms with Gasteiger partial charge in [-0.15, -0.1) is 52.6 Å². The minimum Gasteiger partial charge on any atom is -0.378 e. The van der Waals surface area contributed by atoms with E-state index in [2.05, 4.69) is 52.6 Å². The second kappa shape index (κ2) is 86.0. The number of rotatable bonds is 73. The van der Waals surface area contributed by atoms with Gasteiger partial charge in [-0.1, -0.05) is 0 Å². The van der Waals surface area contributed by atoms with Gasteiger partial charge in [0.05, 0.1) is 132 Å². The molecule has 4 unspecified atom stereocenters. The van der Waals surface area contributed by atoms with Gasteiger partial charge in [-0.2, -0.15) is 0 Å². The smallest absolute Gasteiger partial charge is 0.263 e. The Hall–Kier alpha value is -6.56. The van der Waals surface area contributed by atoms with Gasteiger partial charge in [0, 0.05) is 65.4 Å². The number of nitrogens with two attached hydrogens (primary N) is 8. The summed E-state index contributed by atoms with van der Waals surface area (Å²) in [5.74, 6) is 36.7. The minimum atomic E-state index is -1.02. The number of nitrogens with one attached hydrogen (secondary N) is 8. The summed E-state index contributed by atoms with van der Waals surface area (Å²) in [7, 11) is 0. The van der Waals surface area contributed by atoms with Crippen molar-refractivity contribution in [1.29, 1.82) is 0 Å². The summed E-state index contributed by atoms with van der Waals surface area (Å²) >= 11 is 0. The van der Waals surface area contributed by atoms with Crippen LogP contribution in [0.2, 0.25) is 0 Å². The normalized spacial score (nSPS) is 11.9. The first-order valence-corrected chi connectivity index (χ1v) is 33.4.